The van der Waals surface area contributed by atoms with Crippen molar-refractivity contribution in [3.63, 3.8) is 0 Å². The number of hydrogen-bond acceptors (Lipinski definition) is 4. The van der Waals surface area contributed by atoms with E-state index in [1.165, 1.54) is 4.90 Å². The van der Waals surface area contributed by atoms with Crippen molar-refractivity contribution < 1.29 is 14.3 Å². The fraction of sp³-hybridized carbons (Fsp3) is 0.286. The largest absolute Gasteiger partial charge is 0.484 e. The number of alkyl halides is 1. The van der Waals surface area contributed by atoms with E-state index in [4.69, 9.17) is 21.1 Å². The van der Waals surface area contributed by atoms with Crippen LogP contribution in [-0.4, -0.2) is 30.1 Å². The smallest absolute Gasteiger partial charge is 0.410 e. The highest BCUT2D eigenvalue weighted by atomic mass is 35.5. The molecule has 3 rings (SSSR count). The minimum Gasteiger partial charge on any atom is -0.484 e. The minimum absolute atomic E-state index is 0.192. The Bertz CT molecular complexity index is 877. The Labute approximate surface area is 168 Å². The SMILES string of the molecule is CC(Cl)N(C)C(=O)OCCC(Oc1cccc2ccccc12)c1cccs1. The van der Waals surface area contributed by atoms with Gasteiger partial charge in [0.1, 0.15) is 17.4 Å². The molecule has 2 unspecified atom stereocenters. The van der Waals surface area contributed by atoms with Crippen LogP contribution in [0.3, 0.4) is 0 Å². The summed E-state index contributed by atoms with van der Waals surface area (Å²) in [4.78, 5) is 14.4. The third-order valence-electron chi connectivity index (χ3n) is 4.31. The van der Waals surface area contributed by atoms with Gasteiger partial charge in [0.05, 0.1) is 6.61 Å². The molecule has 2 atom stereocenters. The van der Waals surface area contributed by atoms with E-state index in [9.17, 15) is 4.79 Å². The van der Waals surface area contributed by atoms with E-state index in [2.05, 4.69) is 12.1 Å². The summed E-state index contributed by atoms with van der Waals surface area (Å²) in [5, 5.41) is 4.21. The summed E-state index contributed by atoms with van der Waals surface area (Å²) in [6.45, 7) is 1.97. The molecule has 1 aromatic heterocycles. The van der Waals surface area contributed by atoms with Gasteiger partial charge in [0.2, 0.25) is 0 Å². The molecule has 2 aromatic carbocycles. The summed E-state index contributed by atoms with van der Waals surface area (Å²) >= 11 is 7.54. The lowest BCUT2D eigenvalue weighted by molar-refractivity contribution is 0.0906. The number of fused-ring (bicyclic) bond motifs is 1. The highest BCUT2D eigenvalue weighted by Crippen LogP contribution is 2.32. The van der Waals surface area contributed by atoms with Gasteiger partial charge in [-0.3, -0.25) is 4.90 Å². The number of amides is 1. The number of halogens is 1. The Morgan fingerprint density at radius 2 is 1.93 bits per heavy atom. The van der Waals surface area contributed by atoms with E-state index < -0.39 is 11.6 Å². The topological polar surface area (TPSA) is 38.8 Å². The lowest BCUT2D eigenvalue weighted by Gasteiger charge is -2.22. The van der Waals surface area contributed by atoms with E-state index >= 15 is 0 Å². The number of benzene rings is 2. The molecule has 27 heavy (non-hydrogen) atoms. The molecule has 1 amide bonds. The molecule has 0 saturated carbocycles. The maximum Gasteiger partial charge on any atom is 0.410 e. The van der Waals surface area contributed by atoms with Crippen molar-refractivity contribution in [3.05, 3.63) is 64.9 Å². The van der Waals surface area contributed by atoms with E-state index in [1.54, 1.807) is 25.3 Å². The second kappa shape index (κ2) is 9.11. The molecule has 6 heteroatoms. The van der Waals surface area contributed by atoms with Crippen molar-refractivity contribution in [1.29, 1.82) is 0 Å². The molecule has 0 spiro atoms. The number of ether oxygens (including phenoxy) is 2. The highest BCUT2D eigenvalue weighted by Gasteiger charge is 2.19. The van der Waals surface area contributed by atoms with Gasteiger partial charge in [-0.1, -0.05) is 54.1 Å². The van der Waals surface area contributed by atoms with Crippen LogP contribution >= 0.6 is 22.9 Å². The zero-order valence-corrected chi connectivity index (χ0v) is 16.9. The van der Waals surface area contributed by atoms with Crippen LogP contribution in [-0.2, 0) is 4.74 Å². The number of carbonyl (C=O) groups excluding carboxylic acids is 1. The number of hydrogen-bond donors (Lipinski definition) is 0. The predicted octanol–water partition coefficient (Wildman–Crippen LogP) is 6.06. The lowest BCUT2D eigenvalue weighted by atomic mass is 10.1. The maximum atomic E-state index is 12.0. The van der Waals surface area contributed by atoms with Crippen LogP contribution in [0.4, 0.5) is 4.79 Å². The van der Waals surface area contributed by atoms with Crippen LogP contribution in [0.5, 0.6) is 5.75 Å². The first-order valence-corrected chi connectivity index (χ1v) is 10.1. The molecular formula is C21H22ClNO3S. The van der Waals surface area contributed by atoms with Gasteiger partial charge in [-0.2, -0.15) is 0 Å². The van der Waals surface area contributed by atoms with Crippen LogP contribution in [0, 0.1) is 0 Å². The van der Waals surface area contributed by atoms with Crippen molar-refractivity contribution in [2.75, 3.05) is 13.7 Å². The maximum absolute atomic E-state index is 12.0. The first-order chi connectivity index (χ1) is 13.1. The Morgan fingerprint density at radius 1 is 1.15 bits per heavy atom. The molecule has 4 nitrogen and oxygen atoms in total. The molecule has 0 aliphatic rings. The summed E-state index contributed by atoms with van der Waals surface area (Å²) in [6.07, 6.45) is -0.0742. The van der Waals surface area contributed by atoms with Gasteiger partial charge >= 0.3 is 6.09 Å². The summed E-state index contributed by atoms with van der Waals surface area (Å²) in [5.41, 5.74) is -0.419. The molecule has 0 radical (unpaired) electrons. The highest BCUT2D eigenvalue weighted by molar-refractivity contribution is 7.10. The fourth-order valence-corrected chi connectivity index (χ4v) is 3.55. The van der Waals surface area contributed by atoms with Gasteiger partial charge in [0.15, 0.2) is 0 Å². The molecule has 0 N–H and O–H groups in total. The first-order valence-electron chi connectivity index (χ1n) is 8.77. The van der Waals surface area contributed by atoms with Crippen LogP contribution in [0.25, 0.3) is 10.8 Å². The standard InChI is InChI=1S/C21H22ClNO3S/c1-15(22)23(2)21(24)25-13-12-19(20-11-6-14-27-20)26-18-10-5-8-16-7-3-4-9-17(16)18/h3-11,14-15,19H,12-13H2,1-2H3. The average molecular weight is 404 g/mol. The molecule has 0 fully saturated rings. The molecular weight excluding hydrogens is 382 g/mol. The zero-order valence-electron chi connectivity index (χ0n) is 15.3. The first kappa shape index (κ1) is 19.5. The number of thiophene rings is 1. The van der Waals surface area contributed by atoms with Gasteiger partial charge in [0.25, 0.3) is 0 Å². The average Bonchev–Trinajstić information content (AvgIpc) is 3.21. The Hall–Kier alpha value is -2.24. The fourth-order valence-electron chi connectivity index (χ4n) is 2.69. The second-order valence-electron chi connectivity index (χ2n) is 6.19. The van der Waals surface area contributed by atoms with Gasteiger partial charge < -0.3 is 9.47 Å². The Morgan fingerprint density at radius 3 is 2.67 bits per heavy atom. The normalized spacial score (nSPS) is 13.1. The third-order valence-corrected chi connectivity index (χ3v) is 5.56. The number of nitrogens with zero attached hydrogens (tertiary/aromatic N) is 1. The van der Waals surface area contributed by atoms with Crippen LogP contribution in [0.1, 0.15) is 24.3 Å². The van der Waals surface area contributed by atoms with Crippen LogP contribution in [0.2, 0.25) is 0 Å². The molecule has 0 bridgehead atoms. The van der Waals surface area contributed by atoms with Crippen molar-refractivity contribution >= 4 is 39.8 Å². The predicted molar refractivity (Wildman–Crippen MR) is 111 cm³/mol. The number of rotatable bonds is 7. The summed E-state index contributed by atoms with van der Waals surface area (Å²) in [5.74, 6) is 0.823. The van der Waals surface area contributed by atoms with Gasteiger partial charge in [-0.15, -0.1) is 11.3 Å². The number of carbonyl (C=O) groups is 1. The summed E-state index contributed by atoms with van der Waals surface area (Å²) in [7, 11) is 1.61. The second-order valence-corrected chi connectivity index (χ2v) is 7.80. The monoisotopic (exact) mass is 403 g/mol. The molecule has 3 aromatic rings. The van der Waals surface area contributed by atoms with E-state index in [1.807, 2.05) is 47.8 Å². The quantitative estimate of drug-likeness (QED) is 0.355. The Kier molecular flexibility index (Phi) is 6.58. The van der Waals surface area contributed by atoms with Crippen molar-refractivity contribution in [3.8, 4) is 5.75 Å². The molecule has 142 valence electrons. The van der Waals surface area contributed by atoms with Crippen molar-refractivity contribution in [2.24, 2.45) is 0 Å². The van der Waals surface area contributed by atoms with Crippen molar-refractivity contribution in [2.45, 2.75) is 24.9 Å². The van der Waals surface area contributed by atoms with E-state index in [-0.39, 0.29) is 12.7 Å². The Balaban J connectivity index is 1.72. The zero-order chi connectivity index (χ0) is 19.2. The van der Waals surface area contributed by atoms with Gasteiger partial charge in [-0.05, 0) is 29.8 Å². The summed E-state index contributed by atoms with van der Waals surface area (Å²) < 4.78 is 11.7. The molecule has 0 aliphatic carbocycles. The molecule has 0 aliphatic heterocycles. The van der Waals surface area contributed by atoms with Crippen LogP contribution < -0.4 is 4.74 Å². The van der Waals surface area contributed by atoms with Crippen molar-refractivity contribution in [1.82, 2.24) is 4.90 Å². The van der Waals surface area contributed by atoms with E-state index in [0.29, 0.717) is 6.42 Å². The molecule has 1 heterocycles. The summed E-state index contributed by atoms with van der Waals surface area (Å²) in [6, 6.07) is 18.2. The van der Waals surface area contributed by atoms with Gasteiger partial charge in [0, 0.05) is 23.7 Å². The van der Waals surface area contributed by atoms with Crippen LogP contribution in [0.15, 0.2) is 60.0 Å². The molecule has 0 saturated heterocycles. The van der Waals surface area contributed by atoms with E-state index in [0.717, 1.165) is 21.4 Å². The lowest BCUT2D eigenvalue weighted by Crippen LogP contribution is -2.32. The van der Waals surface area contributed by atoms with Gasteiger partial charge in [-0.25, -0.2) is 4.79 Å². The third kappa shape index (κ3) is 4.93. The minimum atomic E-state index is -0.437.